The molecule has 2 N–H and O–H groups in total. The molecule has 0 aliphatic rings. The summed E-state index contributed by atoms with van der Waals surface area (Å²) >= 11 is 6.08. The Bertz CT molecular complexity index is 523. The Morgan fingerprint density at radius 1 is 1.38 bits per heavy atom. The van der Waals surface area contributed by atoms with Crippen LogP contribution in [0.5, 0.6) is 5.75 Å². The highest BCUT2D eigenvalue weighted by molar-refractivity contribution is 6.31. The summed E-state index contributed by atoms with van der Waals surface area (Å²) in [6.07, 6.45) is 0. The number of nitrogens with two attached hydrogens (primary N) is 1. The van der Waals surface area contributed by atoms with Gasteiger partial charge >= 0.3 is 0 Å². The number of nitrogen functional groups attached to an aromatic ring is 1. The van der Waals surface area contributed by atoms with Crippen LogP contribution in [0.15, 0.2) is 22.7 Å². The Balaban J connectivity index is 2.59. The van der Waals surface area contributed by atoms with Gasteiger partial charge in [-0.25, -0.2) is 0 Å². The first kappa shape index (κ1) is 10.8. The first-order chi connectivity index (χ1) is 7.61. The smallest absolute Gasteiger partial charge is 0.169 e. The van der Waals surface area contributed by atoms with Gasteiger partial charge in [0, 0.05) is 16.7 Å². The van der Waals surface area contributed by atoms with Crippen LogP contribution in [0.4, 0.5) is 5.82 Å². The van der Waals surface area contributed by atoms with Crippen molar-refractivity contribution in [1.82, 2.24) is 5.16 Å². The van der Waals surface area contributed by atoms with Crippen molar-refractivity contribution in [3.8, 4) is 17.1 Å². The molecular formula is C11H11ClN2O2. The van der Waals surface area contributed by atoms with E-state index in [-0.39, 0.29) is 0 Å². The van der Waals surface area contributed by atoms with Crippen LogP contribution >= 0.6 is 11.6 Å². The van der Waals surface area contributed by atoms with E-state index < -0.39 is 0 Å². The van der Waals surface area contributed by atoms with Crippen molar-refractivity contribution >= 4 is 17.4 Å². The lowest BCUT2D eigenvalue weighted by Crippen LogP contribution is -1.88. The van der Waals surface area contributed by atoms with Gasteiger partial charge in [0.15, 0.2) is 11.6 Å². The number of anilines is 1. The third-order valence-electron chi connectivity index (χ3n) is 2.35. The van der Waals surface area contributed by atoms with Gasteiger partial charge in [-0.3, -0.25) is 0 Å². The minimum absolute atomic E-state index is 0.341. The molecule has 0 bridgehead atoms. The van der Waals surface area contributed by atoms with Crippen LogP contribution in [0.3, 0.4) is 0 Å². The number of aromatic nitrogens is 1. The molecule has 0 aliphatic heterocycles. The second kappa shape index (κ2) is 4.06. The van der Waals surface area contributed by atoms with Crippen LogP contribution in [-0.4, -0.2) is 12.3 Å². The molecule has 2 aromatic rings. The van der Waals surface area contributed by atoms with Crippen molar-refractivity contribution in [2.45, 2.75) is 6.92 Å². The van der Waals surface area contributed by atoms with Gasteiger partial charge in [-0.05, 0) is 24.6 Å². The van der Waals surface area contributed by atoms with Gasteiger partial charge in [0.25, 0.3) is 0 Å². The number of nitrogens with zero attached hydrogens (tertiary/aromatic N) is 1. The quantitative estimate of drug-likeness (QED) is 0.874. The molecule has 0 aliphatic carbocycles. The summed E-state index contributed by atoms with van der Waals surface area (Å²) in [5.41, 5.74) is 7.23. The van der Waals surface area contributed by atoms with Crippen LogP contribution in [0.1, 0.15) is 5.56 Å². The zero-order chi connectivity index (χ0) is 11.7. The fourth-order valence-corrected chi connectivity index (χ4v) is 1.65. The van der Waals surface area contributed by atoms with E-state index in [0.29, 0.717) is 22.4 Å². The zero-order valence-corrected chi connectivity index (χ0v) is 9.71. The lowest BCUT2D eigenvalue weighted by atomic mass is 10.1. The minimum atomic E-state index is 0.341. The molecule has 0 radical (unpaired) electrons. The maximum absolute atomic E-state index is 6.08. The summed E-state index contributed by atoms with van der Waals surface area (Å²) in [5, 5.41) is 4.25. The predicted molar refractivity (Wildman–Crippen MR) is 62.7 cm³/mol. The number of benzene rings is 1. The maximum Gasteiger partial charge on any atom is 0.169 e. The highest BCUT2D eigenvalue weighted by atomic mass is 35.5. The first-order valence-corrected chi connectivity index (χ1v) is 5.06. The average molecular weight is 239 g/mol. The lowest BCUT2D eigenvalue weighted by Gasteiger charge is -2.07. The molecule has 4 nitrogen and oxygen atoms in total. The standard InChI is InChI=1S/C11H11ClN2O2/c1-6-8(10-5-11(13)14-16-10)3-7(15-2)4-9(6)12/h3-5H,1-2H3,(H2,13,14). The van der Waals surface area contributed by atoms with E-state index in [9.17, 15) is 0 Å². The zero-order valence-electron chi connectivity index (χ0n) is 8.95. The van der Waals surface area contributed by atoms with E-state index in [1.807, 2.05) is 13.0 Å². The van der Waals surface area contributed by atoms with E-state index >= 15 is 0 Å². The highest BCUT2D eigenvalue weighted by Gasteiger charge is 2.12. The van der Waals surface area contributed by atoms with Gasteiger partial charge in [0.05, 0.1) is 7.11 Å². The second-order valence-corrected chi connectivity index (χ2v) is 3.81. The molecule has 1 aromatic carbocycles. The van der Waals surface area contributed by atoms with Crippen molar-refractivity contribution in [2.75, 3.05) is 12.8 Å². The maximum atomic E-state index is 6.08. The second-order valence-electron chi connectivity index (χ2n) is 3.40. The Morgan fingerprint density at radius 3 is 2.69 bits per heavy atom. The van der Waals surface area contributed by atoms with E-state index in [0.717, 1.165) is 11.1 Å². The Labute approximate surface area is 97.9 Å². The molecule has 1 aromatic heterocycles. The van der Waals surface area contributed by atoms with Crippen LogP contribution in [0.25, 0.3) is 11.3 Å². The van der Waals surface area contributed by atoms with Crippen molar-refractivity contribution in [3.05, 3.63) is 28.8 Å². The molecule has 0 fully saturated rings. The molecule has 0 unspecified atom stereocenters. The molecule has 5 heteroatoms. The molecule has 0 atom stereocenters. The van der Waals surface area contributed by atoms with E-state index in [2.05, 4.69) is 5.16 Å². The molecule has 0 saturated heterocycles. The summed E-state index contributed by atoms with van der Waals surface area (Å²) in [4.78, 5) is 0. The minimum Gasteiger partial charge on any atom is -0.497 e. The highest BCUT2D eigenvalue weighted by Crippen LogP contribution is 2.33. The van der Waals surface area contributed by atoms with Gasteiger partial charge in [-0.2, -0.15) is 0 Å². The SMILES string of the molecule is COc1cc(Cl)c(C)c(-c2cc(N)no2)c1. The largest absolute Gasteiger partial charge is 0.497 e. The van der Waals surface area contributed by atoms with Crippen molar-refractivity contribution in [3.63, 3.8) is 0 Å². The number of ether oxygens (including phenoxy) is 1. The predicted octanol–water partition coefficient (Wildman–Crippen LogP) is 2.89. The van der Waals surface area contributed by atoms with Gasteiger partial charge in [0.1, 0.15) is 5.75 Å². The van der Waals surface area contributed by atoms with Crippen molar-refractivity contribution in [2.24, 2.45) is 0 Å². The molecule has 1 heterocycles. The number of hydrogen-bond donors (Lipinski definition) is 1. The van der Waals surface area contributed by atoms with Crippen molar-refractivity contribution < 1.29 is 9.26 Å². The molecular weight excluding hydrogens is 228 g/mol. The number of halogens is 1. The van der Waals surface area contributed by atoms with E-state index in [4.69, 9.17) is 26.6 Å². The number of methoxy groups -OCH3 is 1. The topological polar surface area (TPSA) is 61.3 Å². The summed E-state index contributed by atoms with van der Waals surface area (Å²) in [6, 6.07) is 5.24. The van der Waals surface area contributed by atoms with Gasteiger partial charge < -0.3 is 15.0 Å². The summed E-state index contributed by atoms with van der Waals surface area (Å²) in [7, 11) is 1.58. The summed E-state index contributed by atoms with van der Waals surface area (Å²) < 4.78 is 10.2. The fourth-order valence-electron chi connectivity index (χ4n) is 1.44. The monoisotopic (exact) mass is 238 g/mol. The summed E-state index contributed by atoms with van der Waals surface area (Å²) in [5.74, 6) is 1.59. The van der Waals surface area contributed by atoms with E-state index in [1.54, 1.807) is 19.2 Å². The van der Waals surface area contributed by atoms with Crippen molar-refractivity contribution in [1.29, 1.82) is 0 Å². The Morgan fingerprint density at radius 2 is 2.12 bits per heavy atom. The normalized spacial score (nSPS) is 10.4. The Kier molecular flexibility index (Phi) is 2.75. The molecule has 0 spiro atoms. The van der Waals surface area contributed by atoms with E-state index in [1.165, 1.54) is 0 Å². The third-order valence-corrected chi connectivity index (χ3v) is 2.74. The van der Waals surface area contributed by atoms with Gasteiger partial charge in [-0.1, -0.05) is 16.8 Å². The molecule has 0 amide bonds. The fraction of sp³-hybridized carbons (Fsp3) is 0.182. The molecule has 16 heavy (non-hydrogen) atoms. The number of rotatable bonds is 2. The average Bonchev–Trinajstić information content (AvgIpc) is 2.68. The van der Waals surface area contributed by atoms with Crippen LogP contribution in [0.2, 0.25) is 5.02 Å². The van der Waals surface area contributed by atoms with Crippen LogP contribution in [-0.2, 0) is 0 Å². The molecule has 0 saturated carbocycles. The Hall–Kier alpha value is -1.68. The van der Waals surface area contributed by atoms with Crippen LogP contribution in [0, 0.1) is 6.92 Å². The van der Waals surface area contributed by atoms with Gasteiger partial charge in [0.2, 0.25) is 0 Å². The number of hydrogen-bond acceptors (Lipinski definition) is 4. The molecule has 2 rings (SSSR count). The summed E-state index contributed by atoms with van der Waals surface area (Å²) in [6.45, 7) is 1.90. The third kappa shape index (κ3) is 1.84. The molecule has 84 valence electrons. The van der Waals surface area contributed by atoms with Gasteiger partial charge in [-0.15, -0.1) is 0 Å². The van der Waals surface area contributed by atoms with Crippen LogP contribution < -0.4 is 10.5 Å². The first-order valence-electron chi connectivity index (χ1n) is 4.68. The lowest BCUT2D eigenvalue weighted by molar-refractivity contribution is 0.413.